The Morgan fingerprint density at radius 2 is 2.00 bits per heavy atom. The monoisotopic (exact) mass is 319 g/mol. The molecule has 1 unspecified atom stereocenters. The van der Waals surface area contributed by atoms with Gasteiger partial charge in [-0.15, -0.1) is 11.8 Å². The topological polar surface area (TPSA) is 76.2 Å². The van der Waals surface area contributed by atoms with Crippen molar-refractivity contribution in [3.8, 4) is 11.5 Å². The molecule has 22 heavy (non-hydrogen) atoms. The molecule has 1 amide bonds. The second-order valence-corrected chi connectivity index (χ2v) is 5.80. The number of hydrogen-bond acceptors (Lipinski definition) is 5. The van der Waals surface area contributed by atoms with E-state index in [0.29, 0.717) is 12.2 Å². The van der Waals surface area contributed by atoms with Gasteiger partial charge in [-0.25, -0.2) is 0 Å². The van der Waals surface area contributed by atoms with Gasteiger partial charge in [0.15, 0.2) is 0 Å². The van der Waals surface area contributed by atoms with Crippen LogP contribution in [0.4, 0.5) is 5.82 Å². The van der Waals surface area contributed by atoms with E-state index in [1.807, 2.05) is 18.4 Å². The number of ether oxygens (including phenoxy) is 2. The standard InChI is InChI=1S/C15H17N3O3S/c1-20-11-6-13(22-3)12(21-2)4-9(11)8-5-14(19)17-15-10(8)7-16-18-15/h4,6-8H,5H2,1-3H3,(H2,16,17,18,19). The fourth-order valence-electron chi connectivity index (χ4n) is 2.75. The largest absolute Gasteiger partial charge is 0.496 e. The molecule has 3 rings (SSSR count). The number of carbonyl (C=O) groups excluding carboxylic acids is 1. The summed E-state index contributed by atoms with van der Waals surface area (Å²) in [5.41, 5.74) is 1.88. The van der Waals surface area contributed by atoms with Crippen molar-refractivity contribution in [2.45, 2.75) is 17.2 Å². The van der Waals surface area contributed by atoms with Gasteiger partial charge in [-0.1, -0.05) is 0 Å². The number of amides is 1. The van der Waals surface area contributed by atoms with E-state index < -0.39 is 0 Å². The predicted molar refractivity (Wildman–Crippen MR) is 85.0 cm³/mol. The van der Waals surface area contributed by atoms with Gasteiger partial charge in [-0.2, -0.15) is 5.10 Å². The average Bonchev–Trinajstić information content (AvgIpc) is 3.00. The maximum Gasteiger partial charge on any atom is 0.226 e. The number of aromatic nitrogens is 2. The van der Waals surface area contributed by atoms with Gasteiger partial charge in [0, 0.05) is 23.5 Å². The first-order valence-electron chi connectivity index (χ1n) is 6.81. The Labute approximate surface area is 132 Å². The Bertz CT molecular complexity index is 714. The summed E-state index contributed by atoms with van der Waals surface area (Å²) in [6.45, 7) is 0. The summed E-state index contributed by atoms with van der Waals surface area (Å²) in [4.78, 5) is 12.9. The van der Waals surface area contributed by atoms with E-state index in [1.165, 1.54) is 0 Å². The number of carbonyl (C=O) groups is 1. The number of benzene rings is 1. The summed E-state index contributed by atoms with van der Waals surface area (Å²) in [5, 5.41) is 9.64. The average molecular weight is 319 g/mol. The third-order valence-corrected chi connectivity index (χ3v) is 4.57. The molecule has 0 saturated carbocycles. The van der Waals surface area contributed by atoms with Gasteiger partial charge >= 0.3 is 0 Å². The lowest BCUT2D eigenvalue weighted by molar-refractivity contribution is -0.116. The zero-order valence-electron chi connectivity index (χ0n) is 12.6. The molecule has 1 aliphatic rings. The molecule has 1 atom stereocenters. The molecule has 0 fully saturated rings. The molecule has 1 aromatic heterocycles. The summed E-state index contributed by atoms with van der Waals surface area (Å²) in [6.07, 6.45) is 4.08. The fourth-order valence-corrected chi connectivity index (χ4v) is 3.32. The highest BCUT2D eigenvalue weighted by Crippen LogP contribution is 2.43. The van der Waals surface area contributed by atoms with Crippen LogP contribution < -0.4 is 14.8 Å². The highest BCUT2D eigenvalue weighted by atomic mass is 32.2. The molecule has 116 valence electrons. The van der Waals surface area contributed by atoms with E-state index in [4.69, 9.17) is 9.47 Å². The van der Waals surface area contributed by atoms with Crippen molar-refractivity contribution in [3.05, 3.63) is 29.5 Å². The van der Waals surface area contributed by atoms with Crippen LogP contribution in [-0.2, 0) is 4.79 Å². The first-order valence-corrected chi connectivity index (χ1v) is 8.03. The molecule has 0 bridgehead atoms. The number of aromatic amines is 1. The second-order valence-electron chi connectivity index (χ2n) is 4.95. The molecule has 7 heteroatoms. The minimum Gasteiger partial charge on any atom is -0.496 e. The van der Waals surface area contributed by atoms with E-state index in [0.717, 1.165) is 27.5 Å². The van der Waals surface area contributed by atoms with Gasteiger partial charge in [0.2, 0.25) is 5.91 Å². The minimum atomic E-state index is -0.109. The number of nitrogens with zero attached hydrogens (tertiary/aromatic N) is 1. The van der Waals surface area contributed by atoms with E-state index >= 15 is 0 Å². The quantitative estimate of drug-likeness (QED) is 0.847. The highest BCUT2D eigenvalue weighted by molar-refractivity contribution is 7.98. The SMILES string of the molecule is COc1cc(C2CC(=O)Nc3[nH]ncc32)c(OC)cc1SC. The van der Waals surface area contributed by atoms with Crippen molar-refractivity contribution in [1.82, 2.24) is 10.2 Å². The summed E-state index contributed by atoms with van der Waals surface area (Å²) < 4.78 is 11.0. The number of anilines is 1. The van der Waals surface area contributed by atoms with Crippen molar-refractivity contribution in [3.63, 3.8) is 0 Å². The van der Waals surface area contributed by atoms with Crippen molar-refractivity contribution in [1.29, 1.82) is 0 Å². The van der Waals surface area contributed by atoms with Crippen LogP contribution >= 0.6 is 11.8 Å². The van der Waals surface area contributed by atoms with Crippen molar-refractivity contribution < 1.29 is 14.3 Å². The molecule has 1 aliphatic heterocycles. The van der Waals surface area contributed by atoms with E-state index in [1.54, 1.807) is 32.2 Å². The van der Waals surface area contributed by atoms with Crippen LogP contribution in [0.1, 0.15) is 23.5 Å². The zero-order valence-corrected chi connectivity index (χ0v) is 13.4. The Morgan fingerprint density at radius 3 is 2.68 bits per heavy atom. The lowest BCUT2D eigenvalue weighted by atomic mass is 9.86. The normalized spacial score (nSPS) is 16.9. The first kappa shape index (κ1) is 14.8. The number of H-pyrrole nitrogens is 1. The number of rotatable bonds is 4. The smallest absolute Gasteiger partial charge is 0.226 e. The molecular weight excluding hydrogens is 302 g/mol. The molecule has 6 nitrogen and oxygen atoms in total. The molecule has 0 spiro atoms. The number of methoxy groups -OCH3 is 2. The Kier molecular flexibility index (Phi) is 3.98. The molecule has 2 N–H and O–H groups in total. The number of thioether (sulfide) groups is 1. The number of nitrogens with one attached hydrogen (secondary N) is 2. The lowest BCUT2D eigenvalue weighted by Gasteiger charge is -2.25. The van der Waals surface area contributed by atoms with Gasteiger partial charge in [-0.05, 0) is 18.4 Å². The highest BCUT2D eigenvalue weighted by Gasteiger charge is 2.31. The minimum absolute atomic E-state index is 0.0447. The summed E-state index contributed by atoms with van der Waals surface area (Å²) in [5.74, 6) is 2.02. The van der Waals surface area contributed by atoms with Crippen LogP contribution in [0, 0.1) is 0 Å². The molecular formula is C15H17N3O3S. The summed E-state index contributed by atoms with van der Waals surface area (Å²) >= 11 is 1.59. The van der Waals surface area contributed by atoms with Gasteiger partial charge in [0.05, 0.1) is 25.3 Å². The summed E-state index contributed by atoms with van der Waals surface area (Å²) in [6, 6.07) is 3.90. The van der Waals surface area contributed by atoms with Crippen LogP contribution in [-0.4, -0.2) is 36.6 Å². The molecule has 2 aromatic rings. The molecule has 0 saturated heterocycles. The van der Waals surface area contributed by atoms with Gasteiger partial charge < -0.3 is 14.8 Å². The third kappa shape index (κ3) is 2.41. The first-order chi connectivity index (χ1) is 10.7. The Balaban J connectivity index is 2.14. The lowest BCUT2D eigenvalue weighted by Crippen LogP contribution is -2.23. The second kappa shape index (κ2) is 5.92. The van der Waals surface area contributed by atoms with Gasteiger partial charge in [0.1, 0.15) is 17.3 Å². The molecule has 1 aromatic carbocycles. The number of fused-ring (bicyclic) bond motifs is 1. The zero-order chi connectivity index (χ0) is 15.7. The Hall–Kier alpha value is -2.15. The van der Waals surface area contributed by atoms with E-state index in [9.17, 15) is 4.79 Å². The fraction of sp³-hybridized carbons (Fsp3) is 0.333. The Morgan fingerprint density at radius 1 is 1.23 bits per heavy atom. The van der Waals surface area contributed by atoms with Crippen molar-refractivity contribution >= 4 is 23.5 Å². The maximum absolute atomic E-state index is 11.9. The van der Waals surface area contributed by atoms with Crippen LogP contribution in [0.15, 0.2) is 23.2 Å². The van der Waals surface area contributed by atoms with Crippen LogP contribution in [0.25, 0.3) is 0 Å². The van der Waals surface area contributed by atoms with Crippen molar-refractivity contribution in [2.24, 2.45) is 0 Å². The summed E-state index contributed by atoms with van der Waals surface area (Å²) in [7, 11) is 3.27. The van der Waals surface area contributed by atoms with E-state index in [2.05, 4.69) is 15.5 Å². The van der Waals surface area contributed by atoms with Gasteiger partial charge in [0.25, 0.3) is 0 Å². The molecule has 0 radical (unpaired) electrons. The predicted octanol–water partition coefficient (Wildman–Crippen LogP) is 2.62. The van der Waals surface area contributed by atoms with Crippen molar-refractivity contribution in [2.75, 3.05) is 25.8 Å². The van der Waals surface area contributed by atoms with Crippen LogP contribution in [0.2, 0.25) is 0 Å². The van der Waals surface area contributed by atoms with Crippen LogP contribution in [0.3, 0.4) is 0 Å². The number of hydrogen-bond donors (Lipinski definition) is 2. The molecule has 2 heterocycles. The third-order valence-electron chi connectivity index (χ3n) is 3.81. The maximum atomic E-state index is 11.9. The molecule has 0 aliphatic carbocycles. The van der Waals surface area contributed by atoms with Crippen LogP contribution in [0.5, 0.6) is 11.5 Å². The van der Waals surface area contributed by atoms with Gasteiger partial charge in [-0.3, -0.25) is 9.89 Å². The van der Waals surface area contributed by atoms with E-state index in [-0.39, 0.29) is 11.8 Å².